The lowest BCUT2D eigenvalue weighted by molar-refractivity contribution is 0.0600. The molecule has 0 radical (unpaired) electrons. The Balaban J connectivity index is 0.00000180. The van der Waals surface area contributed by atoms with Crippen molar-refractivity contribution in [3.63, 3.8) is 0 Å². The van der Waals surface area contributed by atoms with Gasteiger partial charge >= 0.3 is 0 Å². The molecule has 1 saturated heterocycles. The molecule has 194 valence electrons. The van der Waals surface area contributed by atoms with E-state index in [4.69, 9.17) is 27.9 Å². The first-order chi connectivity index (χ1) is 16.5. The van der Waals surface area contributed by atoms with E-state index in [1.54, 1.807) is 0 Å². The number of piperazine rings is 1. The van der Waals surface area contributed by atoms with Gasteiger partial charge in [0.2, 0.25) is 0 Å². The van der Waals surface area contributed by atoms with Crippen LogP contribution in [-0.4, -0.2) is 44.2 Å². The van der Waals surface area contributed by atoms with E-state index in [2.05, 4.69) is 28.0 Å². The van der Waals surface area contributed by atoms with Crippen molar-refractivity contribution in [1.82, 2.24) is 4.90 Å². The summed E-state index contributed by atoms with van der Waals surface area (Å²) >= 11 is 12.5. The Morgan fingerprint density at radius 3 is 2.19 bits per heavy atom. The Morgan fingerprint density at radius 1 is 0.833 bits per heavy atom. The summed E-state index contributed by atoms with van der Waals surface area (Å²) in [5, 5.41) is 1.49. The highest BCUT2D eigenvalue weighted by Gasteiger charge is 2.39. The van der Waals surface area contributed by atoms with Crippen molar-refractivity contribution < 1.29 is 9.13 Å². The molecule has 8 heteroatoms. The number of halogens is 5. The van der Waals surface area contributed by atoms with Gasteiger partial charge < -0.3 is 9.64 Å². The van der Waals surface area contributed by atoms with Crippen molar-refractivity contribution in [3.8, 4) is 0 Å². The van der Waals surface area contributed by atoms with E-state index in [0.717, 1.165) is 61.3 Å². The molecule has 3 aromatic carbocycles. The highest BCUT2D eigenvalue weighted by molar-refractivity contribution is 6.30. The summed E-state index contributed by atoms with van der Waals surface area (Å²) in [5.41, 5.74) is 4.60. The van der Waals surface area contributed by atoms with E-state index >= 15 is 0 Å². The third kappa shape index (κ3) is 6.30. The SMILES string of the molecule is Cl.Cl.Fc1ccc(N2CCN(CCCC3(c4ccc(Cl)cc4)COCc4cc(Cl)ccc43)CC2)cc1. The monoisotopic (exact) mass is 570 g/mol. The molecule has 0 bridgehead atoms. The lowest BCUT2D eigenvalue weighted by Gasteiger charge is -2.41. The number of hydrogen-bond donors (Lipinski definition) is 0. The van der Waals surface area contributed by atoms with Gasteiger partial charge in [-0.05, 0) is 84.6 Å². The second-order valence-electron chi connectivity index (χ2n) is 9.29. The summed E-state index contributed by atoms with van der Waals surface area (Å²) in [6, 6.07) is 21.2. The lowest BCUT2D eigenvalue weighted by atomic mass is 9.69. The van der Waals surface area contributed by atoms with Gasteiger partial charge in [0.15, 0.2) is 0 Å². The van der Waals surface area contributed by atoms with Gasteiger partial charge in [0.05, 0.1) is 13.2 Å². The van der Waals surface area contributed by atoms with Crippen molar-refractivity contribution in [3.05, 3.63) is 99.3 Å². The van der Waals surface area contributed by atoms with Gasteiger partial charge in [0.1, 0.15) is 5.82 Å². The van der Waals surface area contributed by atoms with E-state index in [1.165, 1.54) is 28.8 Å². The number of hydrogen-bond acceptors (Lipinski definition) is 3. The molecule has 0 spiro atoms. The average molecular weight is 572 g/mol. The van der Waals surface area contributed by atoms with Crippen LogP contribution in [0.3, 0.4) is 0 Å². The van der Waals surface area contributed by atoms with Gasteiger partial charge in [0.25, 0.3) is 0 Å². The number of benzene rings is 3. The molecular formula is C28H31Cl4FN2O. The van der Waals surface area contributed by atoms with Crippen LogP contribution in [0.2, 0.25) is 10.0 Å². The molecule has 1 atom stereocenters. The van der Waals surface area contributed by atoms with Crippen LogP contribution in [0.15, 0.2) is 66.7 Å². The number of rotatable bonds is 6. The van der Waals surface area contributed by atoms with E-state index < -0.39 is 0 Å². The smallest absolute Gasteiger partial charge is 0.123 e. The standard InChI is InChI=1S/C28H29Cl2FN2O.2ClH/c29-23-4-2-22(3-5-23)28(20-34-19-21-18-24(30)6-11-27(21)28)12-1-13-32-14-16-33(17-15-32)26-9-7-25(31)8-10-26;;/h2-11,18H,1,12-17,19-20H2;2*1H. The van der Waals surface area contributed by atoms with Crippen LogP contribution in [0.25, 0.3) is 0 Å². The second-order valence-corrected chi connectivity index (χ2v) is 10.2. The quantitative estimate of drug-likeness (QED) is 0.306. The number of ether oxygens (including phenoxy) is 1. The van der Waals surface area contributed by atoms with E-state index in [0.29, 0.717) is 13.2 Å². The zero-order chi connectivity index (χ0) is 23.5. The fraction of sp³-hybridized carbons (Fsp3) is 0.357. The Kier molecular flexibility index (Phi) is 10.3. The predicted octanol–water partition coefficient (Wildman–Crippen LogP) is 7.39. The van der Waals surface area contributed by atoms with Gasteiger partial charge in [-0.1, -0.05) is 41.4 Å². The zero-order valence-electron chi connectivity index (χ0n) is 20.0. The minimum absolute atomic E-state index is 0. The van der Waals surface area contributed by atoms with E-state index in [9.17, 15) is 4.39 Å². The van der Waals surface area contributed by atoms with Crippen molar-refractivity contribution >= 4 is 53.7 Å². The van der Waals surface area contributed by atoms with Gasteiger partial charge in [-0.3, -0.25) is 4.90 Å². The summed E-state index contributed by atoms with van der Waals surface area (Å²) in [6.07, 6.45) is 2.05. The first kappa shape index (κ1) is 29.0. The van der Waals surface area contributed by atoms with Crippen molar-refractivity contribution in [1.29, 1.82) is 0 Å². The molecular weight excluding hydrogens is 541 g/mol. The third-order valence-electron chi connectivity index (χ3n) is 7.23. The largest absolute Gasteiger partial charge is 0.375 e. The molecule has 1 unspecified atom stereocenters. The van der Waals surface area contributed by atoms with E-state index in [-0.39, 0.29) is 36.0 Å². The maximum absolute atomic E-state index is 13.2. The molecule has 0 saturated carbocycles. The first-order valence-electron chi connectivity index (χ1n) is 11.9. The Bertz CT molecular complexity index is 1120. The molecule has 2 aliphatic rings. The summed E-state index contributed by atoms with van der Waals surface area (Å²) in [6.45, 7) is 6.21. The molecule has 5 rings (SSSR count). The highest BCUT2D eigenvalue weighted by Crippen LogP contribution is 2.43. The van der Waals surface area contributed by atoms with Crippen LogP contribution in [0, 0.1) is 5.82 Å². The average Bonchev–Trinajstić information content (AvgIpc) is 2.85. The van der Waals surface area contributed by atoms with Crippen LogP contribution in [0.4, 0.5) is 10.1 Å². The number of nitrogens with zero attached hydrogens (tertiary/aromatic N) is 2. The van der Waals surface area contributed by atoms with Gasteiger partial charge in [0, 0.05) is 47.3 Å². The molecule has 0 aromatic heterocycles. The van der Waals surface area contributed by atoms with Crippen LogP contribution in [0.1, 0.15) is 29.5 Å². The van der Waals surface area contributed by atoms with Crippen LogP contribution >= 0.6 is 48.0 Å². The lowest BCUT2D eigenvalue weighted by Crippen LogP contribution is -2.47. The molecule has 3 nitrogen and oxygen atoms in total. The maximum atomic E-state index is 13.2. The first-order valence-corrected chi connectivity index (χ1v) is 12.6. The van der Waals surface area contributed by atoms with Gasteiger partial charge in [-0.2, -0.15) is 0 Å². The molecule has 1 fully saturated rings. The fourth-order valence-corrected chi connectivity index (χ4v) is 5.73. The maximum Gasteiger partial charge on any atom is 0.123 e. The Morgan fingerprint density at radius 2 is 1.50 bits per heavy atom. The molecule has 3 aromatic rings. The Hall–Kier alpha value is -1.53. The van der Waals surface area contributed by atoms with Crippen molar-refractivity contribution in [2.75, 3.05) is 44.2 Å². The van der Waals surface area contributed by atoms with Gasteiger partial charge in [-0.25, -0.2) is 4.39 Å². The molecule has 2 aliphatic heterocycles. The molecule has 0 N–H and O–H groups in total. The predicted molar refractivity (Wildman–Crippen MR) is 152 cm³/mol. The molecule has 0 aliphatic carbocycles. The molecule has 0 amide bonds. The van der Waals surface area contributed by atoms with Crippen LogP contribution in [0.5, 0.6) is 0 Å². The normalized spacial score (nSPS) is 19.7. The molecule has 2 heterocycles. The summed E-state index contributed by atoms with van der Waals surface area (Å²) in [7, 11) is 0. The third-order valence-corrected chi connectivity index (χ3v) is 7.71. The summed E-state index contributed by atoms with van der Waals surface area (Å²) in [4.78, 5) is 4.86. The highest BCUT2D eigenvalue weighted by atomic mass is 35.5. The topological polar surface area (TPSA) is 15.7 Å². The second kappa shape index (κ2) is 12.8. The van der Waals surface area contributed by atoms with Crippen LogP contribution < -0.4 is 4.90 Å². The number of anilines is 1. The van der Waals surface area contributed by atoms with Crippen molar-refractivity contribution in [2.24, 2.45) is 0 Å². The van der Waals surface area contributed by atoms with Gasteiger partial charge in [-0.15, -0.1) is 24.8 Å². The summed E-state index contributed by atoms with van der Waals surface area (Å²) in [5.74, 6) is -0.187. The zero-order valence-corrected chi connectivity index (χ0v) is 23.1. The van der Waals surface area contributed by atoms with Crippen LogP contribution in [-0.2, 0) is 16.8 Å². The summed E-state index contributed by atoms with van der Waals surface area (Å²) < 4.78 is 19.4. The molecule has 36 heavy (non-hydrogen) atoms. The van der Waals surface area contributed by atoms with E-state index in [1.807, 2.05) is 36.4 Å². The number of fused-ring (bicyclic) bond motifs is 1. The fourth-order valence-electron chi connectivity index (χ4n) is 5.41. The van der Waals surface area contributed by atoms with Crippen molar-refractivity contribution in [2.45, 2.75) is 24.9 Å². The Labute approximate surface area is 235 Å². The minimum Gasteiger partial charge on any atom is -0.375 e. The minimum atomic E-state index is -0.210.